The van der Waals surface area contributed by atoms with Crippen LogP contribution in [0.3, 0.4) is 0 Å². The predicted molar refractivity (Wildman–Crippen MR) is 213 cm³/mol. The Morgan fingerprint density at radius 2 is 1.39 bits per heavy atom. The van der Waals surface area contributed by atoms with Crippen molar-refractivity contribution in [1.29, 1.82) is 0 Å². The summed E-state index contributed by atoms with van der Waals surface area (Å²) in [5, 5.41) is 5.20. The van der Waals surface area contributed by atoms with Crippen LogP contribution < -0.4 is 4.57 Å². The average molecular weight is 668 g/mol. The summed E-state index contributed by atoms with van der Waals surface area (Å²) in [7, 11) is 2.13. The molecule has 0 saturated heterocycles. The molecule has 3 aromatic heterocycles. The molecular formula is C47H42N3O+. The highest BCUT2D eigenvalue weighted by Crippen LogP contribution is 2.45. The van der Waals surface area contributed by atoms with Gasteiger partial charge in [0.2, 0.25) is 5.71 Å². The second-order valence-corrected chi connectivity index (χ2v) is 14.5. The van der Waals surface area contributed by atoms with Gasteiger partial charge in [-0.1, -0.05) is 119 Å². The normalized spacial score (nSPS) is 13.3. The van der Waals surface area contributed by atoms with Gasteiger partial charge in [0.1, 0.15) is 11.3 Å². The zero-order valence-corrected chi connectivity index (χ0v) is 29.9. The molecule has 0 atom stereocenters. The summed E-state index contributed by atoms with van der Waals surface area (Å²) in [6.45, 7) is 8.80. The number of fused-ring (bicyclic) bond motifs is 8. The van der Waals surface area contributed by atoms with E-state index in [1.807, 2.05) is 24.3 Å². The molecule has 0 bridgehead atoms. The Morgan fingerprint density at radius 3 is 2.14 bits per heavy atom. The van der Waals surface area contributed by atoms with Gasteiger partial charge in [-0.25, -0.2) is 9.55 Å². The molecule has 0 aliphatic carbocycles. The minimum atomic E-state index is -2.43. The second-order valence-electron chi connectivity index (χ2n) is 14.5. The van der Waals surface area contributed by atoms with Gasteiger partial charge < -0.3 is 4.42 Å². The number of pyridine rings is 1. The van der Waals surface area contributed by atoms with Gasteiger partial charge in [-0.2, -0.15) is 4.57 Å². The number of aromatic nitrogens is 3. The van der Waals surface area contributed by atoms with E-state index in [1.54, 1.807) is 0 Å². The van der Waals surface area contributed by atoms with Crippen LogP contribution in [-0.2, 0) is 7.05 Å². The number of hydrogen-bond acceptors (Lipinski definition) is 2. The monoisotopic (exact) mass is 667 g/mol. The van der Waals surface area contributed by atoms with Crippen LogP contribution in [0.5, 0.6) is 0 Å². The van der Waals surface area contributed by atoms with Gasteiger partial charge in [0, 0.05) is 37.1 Å². The lowest BCUT2D eigenvalue weighted by atomic mass is 9.88. The van der Waals surface area contributed by atoms with E-state index < -0.39 is 6.85 Å². The van der Waals surface area contributed by atoms with Crippen molar-refractivity contribution in [1.82, 2.24) is 9.55 Å². The lowest BCUT2D eigenvalue weighted by molar-refractivity contribution is -0.633. The van der Waals surface area contributed by atoms with Crippen molar-refractivity contribution in [2.75, 3.05) is 0 Å². The fourth-order valence-corrected chi connectivity index (χ4v) is 8.18. The van der Waals surface area contributed by atoms with Gasteiger partial charge >= 0.3 is 0 Å². The number of furan rings is 1. The van der Waals surface area contributed by atoms with Crippen molar-refractivity contribution >= 4 is 54.6 Å². The Hall–Kier alpha value is -5.74. The minimum absolute atomic E-state index is 0.0504. The molecule has 0 radical (unpaired) electrons. The highest BCUT2D eigenvalue weighted by molar-refractivity contribution is 6.27. The number of para-hydroxylation sites is 2. The van der Waals surface area contributed by atoms with Gasteiger partial charge in [0.25, 0.3) is 5.82 Å². The van der Waals surface area contributed by atoms with E-state index in [1.165, 1.54) is 27.9 Å². The Morgan fingerprint density at radius 1 is 0.706 bits per heavy atom. The van der Waals surface area contributed by atoms with E-state index in [0.29, 0.717) is 16.7 Å². The smallest absolute Gasteiger partial charge is 0.299 e. The summed E-state index contributed by atoms with van der Waals surface area (Å²) in [5.41, 5.74) is 11.4. The zero-order valence-electron chi connectivity index (χ0n) is 32.9. The summed E-state index contributed by atoms with van der Waals surface area (Å²) in [4.78, 5) is 4.80. The summed E-state index contributed by atoms with van der Waals surface area (Å²) in [5.74, 6) is 1.44. The third-order valence-electron chi connectivity index (χ3n) is 10.7. The molecule has 0 spiro atoms. The van der Waals surface area contributed by atoms with E-state index in [2.05, 4.69) is 142 Å². The Balaban J connectivity index is 1.45. The van der Waals surface area contributed by atoms with Crippen LogP contribution in [0.4, 0.5) is 0 Å². The van der Waals surface area contributed by atoms with Crippen LogP contribution in [0.1, 0.15) is 66.0 Å². The minimum Gasteiger partial charge on any atom is -0.437 e. The lowest BCUT2D eigenvalue weighted by Crippen LogP contribution is -2.30. The average Bonchev–Trinajstić information content (AvgIpc) is 3.68. The maximum Gasteiger partial charge on any atom is 0.299 e. The first kappa shape index (κ1) is 28.0. The molecule has 6 aromatic carbocycles. The largest absolute Gasteiger partial charge is 0.437 e. The third-order valence-corrected chi connectivity index (χ3v) is 10.7. The number of nitrogens with zero attached hydrogens (tertiary/aromatic N) is 3. The number of hydrogen-bond donors (Lipinski definition) is 0. The molecule has 0 saturated carbocycles. The molecule has 9 rings (SSSR count). The molecule has 51 heavy (non-hydrogen) atoms. The first-order valence-electron chi connectivity index (χ1n) is 19.3. The van der Waals surface area contributed by atoms with Crippen molar-refractivity contribution in [3.63, 3.8) is 0 Å². The van der Waals surface area contributed by atoms with Crippen molar-refractivity contribution in [3.8, 4) is 28.2 Å². The molecule has 250 valence electrons. The maximum absolute atomic E-state index is 8.50. The van der Waals surface area contributed by atoms with Crippen molar-refractivity contribution in [3.05, 3.63) is 138 Å². The van der Waals surface area contributed by atoms with Crippen LogP contribution in [0, 0.1) is 13.8 Å². The first-order chi connectivity index (χ1) is 25.9. The standard InChI is InChI=1S/C47H42N3O/c1-27(2)37-25-33(31-15-9-8-10-16-31)26-38(28(3)4)44(37)50-40-20-14-13-19-39(40)49(7)47(50)41-29(5)21-23-36-43-42-34(30(6)48-46(43)51-45(36)41)24-22-32-17-11-12-18-35(32)42/h8-28H,1-7H3/q+1/i6D3. The topological polar surface area (TPSA) is 34.8 Å². The fourth-order valence-electron chi connectivity index (χ4n) is 8.18. The SMILES string of the molecule is [2H]C([2H])([2H])c1nc2oc3c(-c4n(-c5c(C(C)C)cc(-c6ccccc6)cc5C(C)C)c5ccccc5[n+]4C)c(C)ccc3c2c2c1ccc1ccccc12. The number of benzene rings is 6. The van der Waals surface area contributed by atoms with Gasteiger partial charge in [0.05, 0.1) is 12.4 Å². The molecular weight excluding hydrogens is 623 g/mol. The number of rotatable bonds is 5. The van der Waals surface area contributed by atoms with Crippen LogP contribution in [0.15, 0.2) is 120 Å². The Bertz CT molecular complexity index is 2920. The molecule has 3 heterocycles. The summed E-state index contributed by atoms with van der Waals surface area (Å²) in [6.07, 6.45) is 0. The van der Waals surface area contributed by atoms with Crippen LogP contribution in [0.25, 0.3) is 82.8 Å². The van der Waals surface area contributed by atoms with E-state index in [9.17, 15) is 0 Å². The van der Waals surface area contributed by atoms with Crippen molar-refractivity contribution in [2.45, 2.75) is 53.3 Å². The molecule has 0 aliphatic rings. The molecule has 0 aliphatic heterocycles. The first-order valence-corrected chi connectivity index (χ1v) is 17.8. The van der Waals surface area contributed by atoms with Gasteiger partial charge in [-0.3, -0.25) is 0 Å². The maximum atomic E-state index is 8.50. The second kappa shape index (κ2) is 11.7. The molecule has 0 amide bonds. The van der Waals surface area contributed by atoms with E-state index in [0.717, 1.165) is 54.9 Å². The summed E-state index contributed by atoms with van der Waals surface area (Å²) >= 11 is 0. The lowest BCUT2D eigenvalue weighted by Gasteiger charge is -2.21. The number of aryl methyl sites for hydroxylation is 3. The predicted octanol–water partition coefficient (Wildman–Crippen LogP) is 12.3. The van der Waals surface area contributed by atoms with Crippen LogP contribution in [-0.4, -0.2) is 9.55 Å². The van der Waals surface area contributed by atoms with Crippen molar-refractivity contribution < 1.29 is 13.1 Å². The molecule has 0 N–H and O–H groups in total. The zero-order chi connectivity index (χ0) is 37.6. The van der Waals surface area contributed by atoms with E-state index in [4.69, 9.17) is 13.5 Å². The quantitative estimate of drug-likeness (QED) is 0.135. The van der Waals surface area contributed by atoms with Gasteiger partial charge in [-0.15, -0.1) is 0 Å². The fraction of sp³-hybridized carbons (Fsp3) is 0.191. The summed E-state index contributed by atoms with van der Waals surface area (Å²) < 4.78 is 37.1. The Kier molecular flexibility index (Phi) is 6.41. The Labute approximate surface area is 302 Å². The molecule has 4 nitrogen and oxygen atoms in total. The summed E-state index contributed by atoms with van der Waals surface area (Å²) in [6, 6.07) is 40.2. The van der Waals surface area contributed by atoms with Crippen LogP contribution >= 0.6 is 0 Å². The third kappa shape index (κ3) is 4.66. The van der Waals surface area contributed by atoms with Crippen molar-refractivity contribution in [2.24, 2.45) is 7.05 Å². The number of imidazole rings is 1. The van der Waals surface area contributed by atoms with E-state index in [-0.39, 0.29) is 17.5 Å². The molecule has 4 heteroatoms. The van der Waals surface area contributed by atoms with E-state index >= 15 is 0 Å². The highest BCUT2D eigenvalue weighted by Gasteiger charge is 2.34. The van der Waals surface area contributed by atoms with Gasteiger partial charge in [0.15, 0.2) is 16.6 Å². The molecule has 9 aromatic rings. The molecule has 0 fully saturated rings. The van der Waals surface area contributed by atoms with Crippen LogP contribution in [0.2, 0.25) is 0 Å². The molecule has 0 unspecified atom stereocenters. The van der Waals surface area contributed by atoms with Gasteiger partial charge in [-0.05, 0) is 77.3 Å². The highest BCUT2D eigenvalue weighted by atomic mass is 16.3.